The van der Waals surface area contributed by atoms with Gasteiger partial charge in [0.1, 0.15) is 37.6 Å². The van der Waals surface area contributed by atoms with Gasteiger partial charge in [0.15, 0.2) is 37.0 Å². The van der Waals surface area contributed by atoms with Gasteiger partial charge in [-0.1, -0.05) is 0 Å². The highest BCUT2D eigenvalue weighted by Crippen LogP contribution is 2.34. The van der Waals surface area contributed by atoms with E-state index in [2.05, 4.69) is 5.32 Å². The third-order valence-electron chi connectivity index (χ3n) is 7.52. The lowest BCUT2D eigenvalue weighted by molar-refractivity contribution is -0.343. The van der Waals surface area contributed by atoms with Gasteiger partial charge in [0.2, 0.25) is 5.91 Å². The molecule has 1 unspecified atom stereocenters. The zero-order valence-electron chi connectivity index (χ0n) is 32.3. The first kappa shape index (κ1) is 47.1. The highest BCUT2D eigenvalue weighted by atomic mass is 32.2. The van der Waals surface area contributed by atoms with Gasteiger partial charge in [-0.15, -0.1) is 0 Å². The monoisotopic (exact) mass is 809 g/mol. The average molecular weight is 810 g/mol. The normalized spacial score (nSPS) is 28.0. The van der Waals surface area contributed by atoms with E-state index >= 15 is 0 Å². The van der Waals surface area contributed by atoms with Crippen LogP contribution in [0.5, 0.6) is 0 Å². The fourth-order valence-corrected chi connectivity index (χ4v) is 6.55. The van der Waals surface area contributed by atoms with Gasteiger partial charge in [-0.25, -0.2) is 0 Å². The van der Waals surface area contributed by atoms with Crippen LogP contribution < -0.4 is 5.32 Å². The van der Waals surface area contributed by atoms with Gasteiger partial charge in [0.25, 0.3) is 0 Å². The Balaban J connectivity index is 2.46. The van der Waals surface area contributed by atoms with Crippen molar-refractivity contribution in [2.45, 2.75) is 136 Å². The second-order valence-corrected chi connectivity index (χ2v) is 13.7. The number of rotatable bonds is 19. The Morgan fingerprint density at radius 1 is 0.636 bits per heavy atom. The van der Waals surface area contributed by atoms with Crippen molar-refractivity contribution in [3.05, 3.63) is 0 Å². The van der Waals surface area contributed by atoms with Gasteiger partial charge >= 0.3 is 41.8 Å². The molecule has 55 heavy (non-hydrogen) atoms. The maximum atomic E-state index is 12.6. The van der Waals surface area contributed by atoms with E-state index in [1.54, 1.807) is 0 Å². The van der Waals surface area contributed by atoms with Crippen LogP contribution in [0.3, 0.4) is 0 Å². The minimum absolute atomic E-state index is 0.0206. The van der Waals surface area contributed by atoms with Crippen LogP contribution in [0.15, 0.2) is 0 Å². The number of amides is 1. The molecule has 2 rings (SSSR count). The maximum Gasteiger partial charge on any atom is 0.303 e. The predicted octanol–water partition coefficient (Wildman–Crippen LogP) is 0.271. The fraction of sp³-hybridized carbons (Fsp3) is 0.765. The molecule has 2 saturated heterocycles. The van der Waals surface area contributed by atoms with Gasteiger partial charge in [0.05, 0.1) is 12.7 Å². The van der Waals surface area contributed by atoms with Crippen molar-refractivity contribution in [2.24, 2.45) is 0 Å². The van der Waals surface area contributed by atoms with E-state index in [0.717, 1.165) is 34.6 Å². The molecule has 0 aromatic carbocycles. The SMILES string of the molecule is CC(=O)N[C@H]1[C@@H](OCCCSCC(COC(C)=O)OC(C)=O)O[C@H](COC(C)=O)[C@@H](OC(C)=O)[C@@H]1O[C@@H]1O[C@@H](C)[C@H](OC(C)=O)[C@@H](OC(C)=O)[C@H]1OC(C)=O. The molecule has 1 amide bonds. The zero-order valence-corrected chi connectivity index (χ0v) is 33.1. The molecule has 20 nitrogen and oxygen atoms in total. The molecule has 11 atom stereocenters. The fourth-order valence-electron chi connectivity index (χ4n) is 5.63. The summed E-state index contributed by atoms with van der Waals surface area (Å²) in [5, 5.41) is 2.69. The van der Waals surface area contributed by atoms with Crippen LogP contribution in [0.2, 0.25) is 0 Å². The van der Waals surface area contributed by atoms with Crippen LogP contribution in [-0.4, -0.2) is 146 Å². The summed E-state index contributed by atoms with van der Waals surface area (Å²) in [4.78, 5) is 96.3. The Morgan fingerprint density at radius 3 is 1.75 bits per heavy atom. The second kappa shape index (κ2) is 23.1. The van der Waals surface area contributed by atoms with Crippen molar-refractivity contribution in [1.82, 2.24) is 5.32 Å². The number of thioether (sulfide) groups is 1. The highest BCUT2D eigenvalue weighted by Gasteiger charge is 2.56. The van der Waals surface area contributed by atoms with Crippen molar-refractivity contribution in [1.29, 1.82) is 0 Å². The summed E-state index contributed by atoms with van der Waals surface area (Å²) in [7, 11) is 0. The summed E-state index contributed by atoms with van der Waals surface area (Å²) in [6.07, 6.45) is -12.7. The maximum absolute atomic E-state index is 12.6. The first-order valence-corrected chi connectivity index (χ1v) is 18.5. The summed E-state index contributed by atoms with van der Waals surface area (Å²) in [6.45, 7) is 10.1. The number of ether oxygens (including phenoxy) is 11. The molecule has 0 aromatic rings. The molecule has 0 spiro atoms. The van der Waals surface area contributed by atoms with Crippen molar-refractivity contribution in [2.75, 3.05) is 31.3 Å². The highest BCUT2D eigenvalue weighted by molar-refractivity contribution is 7.99. The van der Waals surface area contributed by atoms with E-state index < -0.39 is 122 Å². The Morgan fingerprint density at radius 2 is 1.20 bits per heavy atom. The van der Waals surface area contributed by atoms with Gasteiger partial charge in [-0.05, 0) is 19.1 Å². The van der Waals surface area contributed by atoms with E-state index in [4.69, 9.17) is 52.1 Å². The number of carbonyl (C=O) groups excluding carboxylic acids is 8. The second-order valence-electron chi connectivity index (χ2n) is 12.5. The summed E-state index contributed by atoms with van der Waals surface area (Å²) >= 11 is 1.39. The van der Waals surface area contributed by atoms with E-state index in [0.29, 0.717) is 17.9 Å². The summed E-state index contributed by atoms with van der Waals surface area (Å²) < 4.78 is 62.1. The summed E-state index contributed by atoms with van der Waals surface area (Å²) in [5.41, 5.74) is 0. The Bertz CT molecular complexity index is 1360. The molecule has 0 aromatic heterocycles. The average Bonchev–Trinajstić information content (AvgIpc) is 3.04. The molecule has 1 N–H and O–H groups in total. The van der Waals surface area contributed by atoms with Gasteiger partial charge in [-0.2, -0.15) is 11.8 Å². The van der Waals surface area contributed by atoms with Crippen molar-refractivity contribution in [3.63, 3.8) is 0 Å². The molecule has 312 valence electrons. The lowest BCUT2D eigenvalue weighted by atomic mass is 9.94. The van der Waals surface area contributed by atoms with E-state index in [-0.39, 0.29) is 13.2 Å². The quantitative estimate of drug-likeness (QED) is 0.104. The van der Waals surface area contributed by atoms with E-state index in [1.165, 1.54) is 39.5 Å². The topological polar surface area (TPSA) is 250 Å². The smallest absolute Gasteiger partial charge is 0.303 e. The number of nitrogens with one attached hydrogen (secondary N) is 1. The standard InChI is InChI=1S/C34H51NO19S/c1-16-28(49-21(6)40)31(51-23(8)42)32(52-24(9)43)34(47-16)54-30-27(35-17(2)36)33(53-26(14-46-19(4)38)29(30)50-22(7)41)44-11-10-12-55-15-25(48-20(5)39)13-45-18(3)37/h16,25-34H,10-15H2,1-9H3,(H,35,36)/t16-,25?,26+,27+,28-,29+,30+,31+,32+,33-,34-/m0/s1. The number of carbonyl (C=O) groups is 8. The molecule has 0 bridgehead atoms. The molecular formula is C34H51NO19S. The Kier molecular flexibility index (Phi) is 19.8. The third-order valence-corrected chi connectivity index (χ3v) is 8.70. The van der Waals surface area contributed by atoms with Gasteiger partial charge < -0.3 is 57.4 Å². The zero-order chi connectivity index (χ0) is 41.4. The van der Waals surface area contributed by atoms with Gasteiger partial charge in [-0.3, -0.25) is 38.4 Å². The van der Waals surface area contributed by atoms with Crippen LogP contribution in [0, 0.1) is 0 Å². The third kappa shape index (κ3) is 16.7. The number of hydrogen-bond acceptors (Lipinski definition) is 20. The molecule has 0 radical (unpaired) electrons. The lowest BCUT2D eigenvalue weighted by Gasteiger charge is -2.49. The lowest BCUT2D eigenvalue weighted by Crippen LogP contribution is -2.69. The first-order valence-electron chi connectivity index (χ1n) is 17.3. The molecule has 2 fully saturated rings. The van der Waals surface area contributed by atoms with Crippen LogP contribution >= 0.6 is 11.8 Å². The molecular weight excluding hydrogens is 758 g/mol. The summed E-state index contributed by atoms with van der Waals surface area (Å²) in [6, 6.07) is -1.27. The molecule has 2 aliphatic rings. The van der Waals surface area contributed by atoms with E-state index in [1.807, 2.05) is 0 Å². The Hall–Kier alpha value is -4.05. The molecule has 2 aliphatic heterocycles. The van der Waals surface area contributed by atoms with Crippen molar-refractivity contribution in [3.8, 4) is 0 Å². The minimum atomic E-state index is -1.61. The largest absolute Gasteiger partial charge is 0.463 e. The Labute approximate surface area is 322 Å². The first-order chi connectivity index (χ1) is 25.8. The molecule has 0 aliphatic carbocycles. The minimum Gasteiger partial charge on any atom is -0.463 e. The van der Waals surface area contributed by atoms with Crippen molar-refractivity contribution >= 4 is 59.5 Å². The predicted molar refractivity (Wildman–Crippen MR) is 184 cm³/mol. The number of esters is 7. The summed E-state index contributed by atoms with van der Waals surface area (Å²) in [5.74, 6) is -4.78. The number of hydrogen-bond donors (Lipinski definition) is 1. The van der Waals surface area contributed by atoms with Gasteiger partial charge in [0, 0.05) is 61.1 Å². The van der Waals surface area contributed by atoms with Crippen LogP contribution in [-0.2, 0) is 90.5 Å². The molecule has 2 heterocycles. The molecule has 0 saturated carbocycles. The van der Waals surface area contributed by atoms with Crippen LogP contribution in [0.25, 0.3) is 0 Å². The van der Waals surface area contributed by atoms with Crippen LogP contribution in [0.1, 0.15) is 68.7 Å². The van der Waals surface area contributed by atoms with Crippen LogP contribution in [0.4, 0.5) is 0 Å². The molecule has 21 heteroatoms. The van der Waals surface area contributed by atoms with Crippen molar-refractivity contribution < 1.29 is 90.5 Å². The van der Waals surface area contributed by atoms with E-state index in [9.17, 15) is 38.4 Å².